The Morgan fingerprint density at radius 3 is 2.37 bits per heavy atom. The van der Waals surface area contributed by atoms with Crippen molar-refractivity contribution in [3.63, 3.8) is 0 Å². The number of carbonyl (C=O) groups excluding carboxylic acids is 1. The highest BCUT2D eigenvalue weighted by atomic mass is 32.2. The lowest BCUT2D eigenvalue weighted by atomic mass is 10.1. The Hall–Kier alpha value is -1.98. The molecular formula is C22H29N3OS. The zero-order valence-corrected chi connectivity index (χ0v) is 17.3. The van der Waals surface area contributed by atoms with Crippen LogP contribution >= 0.6 is 11.8 Å². The van der Waals surface area contributed by atoms with Gasteiger partial charge in [-0.2, -0.15) is 0 Å². The number of piperazine rings is 1. The number of hydrogen-bond donors (Lipinski definition) is 1. The fraction of sp³-hybridized carbons (Fsp3) is 0.409. The molecular weight excluding hydrogens is 354 g/mol. The van der Waals surface area contributed by atoms with Gasteiger partial charge in [-0.15, -0.1) is 11.8 Å². The van der Waals surface area contributed by atoms with Crippen LogP contribution in [0.2, 0.25) is 0 Å². The summed E-state index contributed by atoms with van der Waals surface area (Å²) in [5.74, 6) is 0.854. The van der Waals surface area contributed by atoms with Crippen LogP contribution in [0, 0.1) is 13.8 Å². The molecule has 1 N–H and O–H groups in total. The van der Waals surface area contributed by atoms with E-state index >= 15 is 0 Å². The lowest BCUT2D eigenvalue weighted by Crippen LogP contribution is -2.44. The van der Waals surface area contributed by atoms with E-state index in [9.17, 15) is 4.79 Å². The van der Waals surface area contributed by atoms with Crippen LogP contribution in [0.3, 0.4) is 0 Å². The second kappa shape index (κ2) is 9.29. The number of nitrogens with one attached hydrogen (secondary N) is 1. The molecule has 0 unspecified atom stereocenters. The van der Waals surface area contributed by atoms with Gasteiger partial charge >= 0.3 is 0 Å². The Bertz CT molecular complexity index is 768. The van der Waals surface area contributed by atoms with Gasteiger partial charge in [0.2, 0.25) is 5.91 Å². The van der Waals surface area contributed by atoms with Crippen molar-refractivity contribution in [2.75, 3.05) is 49.2 Å². The standard InChI is InChI=1S/C22H29N3OS/c1-17-4-9-21(16-18(17)2)27-15-10-22(26)23-19-5-7-20(8-6-19)25-13-11-24(3)12-14-25/h4-9,16H,10-15H2,1-3H3,(H,23,26). The number of amides is 1. The van der Waals surface area contributed by atoms with E-state index in [-0.39, 0.29) is 5.91 Å². The van der Waals surface area contributed by atoms with Crippen molar-refractivity contribution in [3.8, 4) is 0 Å². The highest BCUT2D eigenvalue weighted by Gasteiger charge is 2.14. The van der Waals surface area contributed by atoms with Gasteiger partial charge in [-0.3, -0.25) is 4.79 Å². The van der Waals surface area contributed by atoms with Gasteiger partial charge in [0.25, 0.3) is 0 Å². The van der Waals surface area contributed by atoms with Crippen LogP contribution in [0.1, 0.15) is 17.5 Å². The summed E-state index contributed by atoms with van der Waals surface area (Å²) in [5.41, 5.74) is 4.70. The fourth-order valence-electron chi connectivity index (χ4n) is 3.11. The molecule has 1 heterocycles. The normalized spacial score (nSPS) is 15.0. The molecule has 3 rings (SSSR count). The minimum Gasteiger partial charge on any atom is -0.369 e. The molecule has 0 radical (unpaired) electrons. The molecule has 5 heteroatoms. The van der Waals surface area contributed by atoms with Crippen LogP contribution < -0.4 is 10.2 Å². The molecule has 2 aromatic carbocycles. The number of anilines is 2. The first kappa shape index (κ1) is 19.8. The SMILES string of the molecule is Cc1ccc(SCCC(=O)Nc2ccc(N3CCN(C)CC3)cc2)cc1C. The Balaban J connectivity index is 1.44. The maximum Gasteiger partial charge on any atom is 0.225 e. The van der Waals surface area contributed by atoms with Crippen LogP contribution in [-0.4, -0.2) is 49.8 Å². The van der Waals surface area contributed by atoms with Crippen LogP contribution in [0.15, 0.2) is 47.4 Å². The molecule has 1 fully saturated rings. The second-order valence-electron chi connectivity index (χ2n) is 7.23. The molecule has 1 aliphatic heterocycles. The quantitative estimate of drug-likeness (QED) is 0.759. The molecule has 1 amide bonds. The van der Waals surface area contributed by atoms with Crippen molar-refractivity contribution in [2.45, 2.75) is 25.2 Å². The summed E-state index contributed by atoms with van der Waals surface area (Å²) in [6.07, 6.45) is 0.512. The number of benzene rings is 2. The van der Waals surface area contributed by atoms with Crippen LogP contribution in [-0.2, 0) is 4.79 Å². The number of likely N-dealkylation sites (N-methyl/N-ethyl adjacent to an activating group) is 1. The predicted octanol–water partition coefficient (Wildman–Crippen LogP) is 4.18. The van der Waals surface area contributed by atoms with Crippen molar-refractivity contribution >= 4 is 29.0 Å². The number of carbonyl (C=O) groups is 1. The molecule has 0 aliphatic carbocycles. The lowest BCUT2D eigenvalue weighted by Gasteiger charge is -2.34. The van der Waals surface area contributed by atoms with Crippen molar-refractivity contribution in [1.29, 1.82) is 0 Å². The van der Waals surface area contributed by atoms with Gasteiger partial charge in [0, 0.05) is 54.6 Å². The summed E-state index contributed by atoms with van der Waals surface area (Å²) in [4.78, 5) is 18.2. The summed E-state index contributed by atoms with van der Waals surface area (Å²) >= 11 is 1.73. The smallest absolute Gasteiger partial charge is 0.225 e. The van der Waals surface area contributed by atoms with Gasteiger partial charge in [-0.25, -0.2) is 0 Å². The van der Waals surface area contributed by atoms with E-state index in [1.165, 1.54) is 21.7 Å². The van der Waals surface area contributed by atoms with Gasteiger partial charge < -0.3 is 15.1 Å². The van der Waals surface area contributed by atoms with Crippen LogP contribution in [0.25, 0.3) is 0 Å². The van der Waals surface area contributed by atoms with Crippen molar-refractivity contribution in [2.24, 2.45) is 0 Å². The number of nitrogens with zero attached hydrogens (tertiary/aromatic N) is 2. The third-order valence-corrected chi connectivity index (χ3v) is 6.09. The van der Waals surface area contributed by atoms with E-state index < -0.39 is 0 Å². The monoisotopic (exact) mass is 383 g/mol. The zero-order chi connectivity index (χ0) is 19.2. The van der Waals surface area contributed by atoms with Gasteiger partial charge in [-0.1, -0.05) is 6.07 Å². The minimum absolute atomic E-state index is 0.0682. The largest absolute Gasteiger partial charge is 0.369 e. The molecule has 27 heavy (non-hydrogen) atoms. The highest BCUT2D eigenvalue weighted by Crippen LogP contribution is 2.22. The van der Waals surface area contributed by atoms with E-state index in [4.69, 9.17) is 0 Å². The first-order valence-electron chi connectivity index (χ1n) is 9.55. The number of hydrogen-bond acceptors (Lipinski definition) is 4. The van der Waals surface area contributed by atoms with E-state index in [0.29, 0.717) is 6.42 Å². The molecule has 4 nitrogen and oxygen atoms in total. The molecule has 0 bridgehead atoms. The Labute approximate surface area is 166 Å². The van der Waals surface area contributed by atoms with E-state index in [1.54, 1.807) is 11.8 Å². The fourth-order valence-corrected chi connectivity index (χ4v) is 4.06. The van der Waals surface area contributed by atoms with Crippen LogP contribution in [0.4, 0.5) is 11.4 Å². The molecule has 1 aliphatic rings. The Morgan fingerprint density at radius 2 is 1.70 bits per heavy atom. The number of aryl methyl sites for hydroxylation is 2. The van der Waals surface area contributed by atoms with Crippen molar-refractivity contribution in [3.05, 3.63) is 53.6 Å². The van der Waals surface area contributed by atoms with Gasteiger partial charge in [0.05, 0.1) is 0 Å². The first-order chi connectivity index (χ1) is 13.0. The van der Waals surface area contributed by atoms with Gasteiger partial charge in [-0.05, 0) is 68.4 Å². The topological polar surface area (TPSA) is 35.6 Å². The Morgan fingerprint density at radius 1 is 1.00 bits per heavy atom. The first-order valence-corrected chi connectivity index (χ1v) is 10.5. The summed E-state index contributed by atoms with van der Waals surface area (Å²) in [7, 11) is 2.16. The van der Waals surface area contributed by atoms with Crippen LogP contribution in [0.5, 0.6) is 0 Å². The van der Waals surface area contributed by atoms with E-state index in [2.05, 4.69) is 66.3 Å². The maximum atomic E-state index is 12.2. The third kappa shape index (κ3) is 5.75. The molecule has 0 aromatic heterocycles. The average Bonchev–Trinajstić information content (AvgIpc) is 2.66. The molecule has 0 saturated carbocycles. The maximum absolute atomic E-state index is 12.2. The summed E-state index contributed by atoms with van der Waals surface area (Å²) in [6.45, 7) is 8.54. The zero-order valence-electron chi connectivity index (χ0n) is 16.5. The van der Waals surface area contributed by atoms with Crippen molar-refractivity contribution in [1.82, 2.24) is 4.90 Å². The van der Waals surface area contributed by atoms with Gasteiger partial charge in [0.1, 0.15) is 0 Å². The molecule has 0 spiro atoms. The highest BCUT2D eigenvalue weighted by molar-refractivity contribution is 7.99. The molecule has 144 valence electrons. The minimum atomic E-state index is 0.0682. The Kier molecular flexibility index (Phi) is 6.80. The van der Waals surface area contributed by atoms with E-state index in [0.717, 1.165) is 37.6 Å². The molecule has 2 aromatic rings. The number of rotatable bonds is 6. The third-order valence-electron chi connectivity index (χ3n) is 5.10. The molecule has 0 atom stereocenters. The average molecular weight is 384 g/mol. The predicted molar refractivity (Wildman–Crippen MR) is 116 cm³/mol. The summed E-state index contributed by atoms with van der Waals surface area (Å²) in [6, 6.07) is 14.7. The van der Waals surface area contributed by atoms with Crippen molar-refractivity contribution < 1.29 is 4.79 Å². The van der Waals surface area contributed by atoms with Gasteiger partial charge in [0.15, 0.2) is 0 Å². The summed E-state index contributed by atoms with van der Waals surface area (Å²) < 4.78 is 0. The lowest BCUT2D eigenvalue weighted by molar-refractivity contribution is -0.115. The van der Waals surface area contributed by atoms with E-state index in [1.807, 2.05) is 12.1 Å². The summed E-state index contributed by atoms with van der Waals surface area (Å²) in [5, 5.41) is 3.01. The second-order valence-corrected chi connectivity index (χ2v) is 8.40. The molecule has 1 saturated heterocycles. The number of thioether (sulfide) groups is 1.